The van der Waals surface area contributed by atoms with Gasteiger partial charge in [0, 0.05) is 24.5 Å². The first-order valence-electron chi connectivity index (χ1n) is 10.4. The first-order chi connectivity index (χ1) is 15.5. The number of nitrogens with one attached hydrogen (secondary N) is 1. The van der Waals surface area contributed by atoms with Crippen LogP contribution in [0.4, 0.5) is 11.4 Å². The molecule has 168 valence electrons. The van der Waals surface area contributed by atoms with Crippen molar-refractivity contribution in [3.05, 3.63) is 48.0 Å². The van der Waals surface area contributed by atoms with Crippen LogP contribution in [0.15, 0.2) is 47.6 Å². The third-order valence-corrected chi connectivity index (χ3v) is 6.20. The minimum absolute atomic E-state index is 0.125. The third kappa shape index (κ3) is 5.03. The lowest BCUT2D eigenvalue weighted by molar-refractivity contribution is -0.115. The summed E-state index contributed by atoms with van der Waals surface area (Å²) in [6.07, 6.45) is 0. The molecule has 0 radical (unpaired) electrons. The molecule has 1 fully saturated rings. The summed E-state index contributed by atoms with van der Waals surface area (Å²) in [6, 6.07) is 13.6. The molecule has 1 aliphatic heterocycles. The van der Waals surface area contributed by atoms with E-state index in [0.717, 1.165) is 48.9 Å². The van der Waals surface area contributed by atoms with Gasteiger partial charge in [-0.3, -0.25) is 4.79 Å². The summed E-state index contributed by atoms with van der Waals surface area (Å²) in [7, 11) is 1.60. The normalized spacial score (nSPS) is 14.8. The van der Waals surface area contributed by atoms with Gasteiger partial charge in [-0.15, -0.1) is 5.10 Å². The maximum Gasteiger partial charge on any atom is 0.237 e. The average Bonchev–Trinajstić information content (AvgIpc) is 3.28. The average molecular weight is 455 g/mol. The first kappa shape index (κ1) is 22.1. The van der Waals surface area contributed by atoms with Crippen LogP contribution in [0.25, 0.3) is 5.69 Å². The second kappa shape index (κ2) is 10.0. The van der Waals surface area contributed by atoms with E-state index in [9.17, 15) is 4.79 Å². The number of thioether (sulfide) groups is 1. The quantitative estimate of drug-likeness (QED) is 0.545. The van der Waals surface area contributed by atoms with Gasteiger partial charge in [0.1, 0.15) is 11.4 Å². The van der Waals surface area contributed by atoms with Crippen LogP contribution in [-0.2, 0) is 9.53 Å². The lowest BCUT2D eigenvalue weighted by Crippen LogP contribution is -2.36. The highest BCUT2D eigenvalue weighted by atomic mass is 32.2. The number of hydrogen-bond acceptors (Lipinski definition) is 8. The van der Waals surface area contributed by atoms with E-state index in [0.29, 0.717) is 10.9 Å². The van der Waals surface area contributed by atoms with E-state index in [4.69, 9.17) is 9.47 Å². The number of benzene rings is 2. The first-order valence-corrected chi connectivity index (χ1v) is 11.3. The molecule has 32 heavy (non-hydrogen) atoms. The predicted octanol–water partition coefficient (Wildman–Crippen LogP) is 2.94. The van der Waals surface area contributed by atoms with E-state index in [-0.39, 0.29) is 5.91 Å². The molecular weight excluding hydrogens is 428 g/mol. The number of carbonyl (C=O) groups excluding carboxylic acids is 1. The van der Waals surface area contributed by atoms with Crippen LogP contribution in [0.1, 0.15) is 12.5 Å². The van der Waals surface area contributed by atoms with E-state index < -0.39 is 5.25 Å². The van der Waals surface area contributed by atoms with Gasteiger partial charge >= 0.3 is 0 Å². The maximum absolute atomic E-state index is 12.8. The zero-order valence-corrected chi connectivity index (χ0v) is 19.1. The van der Waals surface area contributed by atoms with Crippen LogP contribution in [0.2, 0.25) is 0 Å². The number of tetrazole rings is 1. The number of carbonyl (C=O) groups is 1. The van der Waals surface area contributed by atoms with E-state index in [1.165, 1.54) is 11.8 Å². The Morgan fingerprint density at radius 3 is 2.66 bits per heavy atom. The van der Waals surface area contributed by atoms with Gasteiger partial charge in [0.25, 0.3) is 0 Å². The molecule has 1 amide bonds. The number of morpholine rings is 1. The second-order valence-electron chi connectivity index (χ2n) is 7.44. The summed E-state index contributed by atoms with van der Waals surface area (Å²) in [5.41, 5.74) is 3.66. The van der Waals surface area contributed by atoms with Crippen LogP contribution in [-0.4, -0.2) is 64.8 Å². The van der Waals surface area contributed by atoms with Crippen LogP contribution in [0.3, 0.4) is 0 Å². The summed E-state index contributed by atoms with van der Waals surface area (Å²) in [4.78, 5) is 15.1. The zero-order chi connectivity index (χ0) is 22.5. The molecule has 1 atom stereocenters. The van der Waals surface area contributed by atoms with Gasteiger partial charge < -0.3 is 19.7 Å². The molecule has 1 aromatic heterocycles. The molecule has 0 spiro atoms. The fourth-order valence-electron chi connectivity index (χ4n) is 3.40. The van der Waals surface area contributed by atoms with Crippen LogP contribution >= 0.6 is 11.8 Å². The van der Waals surface area contributed by atoms with Gasteiger partial charge in [-0.2, -0.15) is 4.68 Å². The topological polar surface area (TPSA) is 94.4 Å². The monoisotopic (exact) mass is 454 g/mol. The summed E-state index contributed by atoms with van der Waals surface area (Å²) in [5.74, 6) is 0.530. The Labute approximate surface area is 191 Å². The van der Waals surface area contributed by atoms with Crippen LogP contribution in [0, 0.1) is 6.92 Å². The molecule has 9 nitrogen and oxygen atoms in total. The fraction of sp³-hybridized carbons (Fsp3) is 0.364. The molecule has 1 aliphatic rings. The molecular formula is C22H26N6O3S. The van der Waals surface area contributed by atoms with Crippen molar-refractivity contribution in [1.29, 1.82) is 0 Å². The number of aryl methyl sites for hydroxylation is 1. The van der Waals surface area contributed by atoms with Gasteiger partial charge in [-0.1, -0.05) is 17.8 Å². The number of amides is 1. The number of hydrogen-bond donors (Lipinski definition) is 1. The lowest BCUT2D eigenvalue weighted by atomic mass is 10.2. The molecule has 2 heterocycles. The number of anilines is 2. The molecule has 3 aromatic rings. The molecule has 0 unspecified atom stereocenters. The van der Waals surface area contributed by atoms with Gasteiger partial charge in [0.2, 0.25) is 11.1 Å². The lowest BCUT2D eigenvalue weighted by Gasteiger charge is -2.28. The molecule has 1 saturated heterocycles. The van der Waals surface area contributed by atoms with Gasteiger partial charge in [0.05, 0.1) is 25.6 Å². The third-order valence-electron chi connectivity index (χ3n) is 5.17. The Kier molecular flexibility index (Phi) is 6.91. The van der Waals surface area contributed by atoms with Crippen molar-refractivity contribution in [2.75, 3.05) is 43.6 Å². The Bertz CT molecular complexity index is 1070. The van der Waals surface area contributed by atoms with Crippen molar-refractivity contribution in [3.63, 3.8) is 0 Å². The molecule has 1 N–H and O–H groups in total. The van der Waals surface area contributed by atoms with Crippen molar-refractivity contribution in [2.24, 2.45) is 0 Å². The standard InChI is InChI=1S/C22H26N6O3S/c1-15-4-9-20(30-3)19(14-15)28-22(24-25-26-28)32-16(2)21(29)23-17-5-7-18(8-6-17)27-10-12-31-13-11-27/h4-9,14,16H,10-13H2,1-3H3,(H,23,29)/t16-/m1/s1. The highest BCUT2D eigenvalue weighted by Crippen LogP contribution is 2.29. The largest absolute Gasteiger partial charge is 0.494 e. The van der Waals surface area contributed by atoms with Gasteiger partial charge in [-0.05, 0) is 66.2 Å². The van der Waals surface area contributed by atoms with Crippen molar-refractivity contribution >= 4 is 29.0 Å². The van der Waals surface area contributed by atoms with Gasteiger partial charge in [-0.25, -0.2) is 0 Å². The Morgan fingerprint density at radius 2 is 1.94 bits per heavy atom. The molecule has 0 aliphatic carbocycles. The Morgan fingerprint density at radius 1 is 1.19 bits per heavy atom. The second-order valence-corrected chi connectivity index (χ2v) is 8.75. The van der Waals surface area contributed by atoms with E-state index in [2.05, 4.69) is 25.7 Å². The molecule has 0 bridgehead atoms. The van der Waals surface area contributed by atoms with E-state index in [1.807, 2.05) is 56.3 Å². The van der Waals surface area contributed by atoms with E-state index >= 15 is 0 Å². The smallest absolute Gasteiger partial charge is 0.237 e. The SMILES string of the molecule is COc1ccc(C)cc1-n1nnnc1S[C@H](C)C(=O)Nc1ccc(N2CCOCC2)cc1. The van der Waals surface area contributed by atoms with Crippen LogP contribution in [0.5, 0.6) is 5.75 Å². The molecule has 10 heteroatoms. The minimum Gasteiger partial charge on any atom is -0.494 e. The van der Waals surface area contributed by atoms with E-state index in [1.54, 1.807) is 11.8 Å². The molecule has 4 rings (SSSR count). The van der Waals surface area contributed by atoms with Crippen molar-refractivity contribution in [2.45, 2.75) is 24.3 Å². The Hall–Kier alpha value is -3.11. The number of rotatable bonds is 7. The molecule has 0 saturated carbocycles. The zero-order valence-electron chi connectivity index (χ0n) is 18.3. The number of aromatic nitrogens is 4. The minimum atomic E-state index is -0.408. The van der Waals surface area contributed by atoms with Crippen molar-refractivity contribution < 1.29 is 14.3 Å². The number of ether oxygens (including phenoxy) is 2. The molecule has 2 aromatic carbocycles. The highest BCUT2D eigenvalue weighted by molar-refractivity contribution is 8.00. The van der Waals surface area contributed by atoms with Crippen molar-refractivity contribution in [1.82, 2.24) is 20.2 Å². The summed E-state index contributed by atoms with van der Waals surface area (Å²) >= 11 is 1.29. The van der Waals surface area contributed by atoms with Gasteiger partial charge in [0.15, 0.2) is 0 Å². The summed E-state index contributed by atoms with van der Waals surface area (Å²) in [6.45, 7) is 7.04. The summed E-state index contributed by atoms with van der Waals surface area (Å²) in [5, 5.41) is 15.1. The van der Waals surface area contributed by atoms with Crippen LogP contribution < -0.4 is 15.0 Å². The summed E-state index contributed by atoms with van der Waals surface area (Å²) < 4.78 is 12.4. The number of nitrogens with zero attached hydrogens (tertiary/aromatic N) is 5. The highest BCUT2D eigenvalue weighted by Gasteiger charge is 2.21. The number of methoxy groups -OCH3 is 1. The predicted molar refractivity (Wildman–Crippen MR) is 124 cm³/mol. The Balaban J connectivity index is 1.42. The fourth-order valence-corrected chi connectivity index (χ4v) is 4.20. The van der Waals surface area contributed by atoms with Crippen molar-refractivity contribution in [3.8, 4) is 11.4 Å². The maximum atomic E-state index is 12.8.